The first-order valence-corrected chi connectivity index (χ1v) is 8.37. The van der Waals surface area contributed by atoms with Crippen LogP contribution in [-0.4, -0.2) is 57.3 Å². The Hall–Kier alpha value is -2.38. The van der Waals surface area contributed by atoms with E-state index in [4.69, 9.17) is 13.9 Å². The minimum Gasteiger partial charge on any atom is -0.497 e. The molecule has 0 atom stereocenters. The molecular formula is C18H22N2O5. The van der Waals surface area contributed by atoms with E-state index in [1.807, 2.05) is 0 Å². The summed E-state index contributed by atoms with van der Waals surface area (Å²) >= 11 is 0. The molecule has 1 aromatic heterocycles. The van der Waals surface area contributed by atoms with Gasteiger partial charge in [-0.15, -0.1) is 0 Å². The van der Waals surface area contributed by atoms with E-state index in [9.17, 15) is 9.59 Å². The van der Waals surface area contributed by atoms with Crippen LogP contribution in [0.25, 0.3) is 11.0 Å². The van der Waals surface area contributed by atoms with E-state index in [2.05, 4.69) is 10.2 Å². The van der Waals surface area contributed by atoms with Crippen molar-refractivity contribution in [3.05, 3.63) is 40.2 Å². The highest BCUT2D eigenvalue weighted by atomic mass is 16.5. The molecule has 25 heavy (non-hydrogen) atoms. The molecule has 134 valence electrons. The van der Waals surface area contributed by atoms with Crippen molar-refractivity contribution in [2.45, 2.75) is 6.42 Å². The van der Waals surface area contributed by atoms with Crippen molar-refractivity contribution in [1.82, 2.24) is 10.2 Å². The summed E-state index contributed by atoms with van der Waals surface area (Å²) in [6.45, 7) is 4.77. The quantitative estimate of drug-likeness (QED) is 0.626. The number of ether oxygens (including phenoxy) is 2. The minimum atomic E-state index is -0.647. The van der Waals surface area contributed by atoms with Gasteiger partial charge in [0, 0.05) is 31.1 Å². The number of hydrogen-bond donors (Lipinski definition) is 1. The van der Waals surface area contributed by atoms with Gasteiger partial charge in [0.25, 0.3) is 5.91 Å². The van der Waals surface area contributed by atoms with Crippen LogP contribution in [-0.2, 0) is 4.74 Å². The third kappa shape index (κ3) is 4.37. The summed E-state index contributed by atoms with van der Waals surface area (Å²) in [5.41, 5.74) is -0.233. The molecule has 0 saturated carbocycles. The molecule has 3 rings (SSSR count). The molecule has 7 nitrogen and oxygen atoms in total. The molecule has 1 fully saturated rings. The normalized spacial score (nSPS) is 15.2. The molecule has 1 saturated heterocycles. The molecule has 1 aliphatic rings. The van der Waals surface area contributed by atoms with Crippen LogP contribution in [0.2, 0.25) is 0 Å². The van der Waals surface area contributed by atoms with Crippen molar-refractivity contribution >= 4 is 16.9 Å². The van der Waals surface area contributed by atoms with Gasteiger partial charge in [0.05, 0.1) is 20.3 Å². The predicted octanol–water partition coefficient (Wildman–Crippen LogP) is 1.25. The van der Waals surface area contributed by atoms with Crippen LogP contribution in [0.4, 0.5) is 0 Å². The zero-order valence-electron chi connectivity index (χ0n) is 14.2. The van der Waals surface area contributed by atoms with Crippen LogP contribution in [0.1, 0.15) is 16.8 Å². The Morgan fingerprint density at radius 3 is 2.84 bits per heavy atom. The number of benzene rings is 1. The minimum absolute atomic E-state index is 0.0176. The van der Waals surface area contributed by atoms with Gasteiger partial charge in [-0.25, -0.2) is 4.79 Å². The van der Waals surface area contributed by atoms with Crippen molar-refractivity contribution in [2.24, 2.45) is 0 Å². The zero-order valence-corrected chi connectivity index (χ0v) is 14.2. The molecule has 0 spiro atoms. The van der Waals surface area contributed by atoms with E-state index in [0.717, 1.165) is 39.3 Å². The number of morpholine rings is 1. The van der Waals surface area contributed by atoms with Gasteiger partial charge in [0.2, 0.25) is 0 Å². The van der Waals surface area contributed by atoms with Gasteiger partial charge in [-0.05, 0) is 31.2 Å². The molecule has 0 bridgehead atoms. The number of carbonyl (C=O) groups is 1. The number of amides is 1. The van der Waals surface area contributed by atoms with Crippen LogP contribution in [0, 0.1) is 0 Å². The summed E-state index contributed by atoms with van der Waals surface area (Å²) in [5.74, 6) is 0.185. The SMILES string of the molecule is COc1ccc2cc(C(=O)NCCCN3CCOCC3)c(=O)oc2c1. The third-order valence-corrected chi connectivity index (χ3v) is 4.23. The Labute approximate surface area is 145 Å². The van der Waals surface area contributed by atoms with E-state index >= 15 is 0 Å². The van der Waals surface area contributed by atoms with Gasteiger partial charge in [-0.3, -0.25) is 9.69 Å². The van der Waals surface area contributed by atoms with Crippen molar-refractivity contribution in [3.8, 4) is 5.75 Å². The number of rotatable bonds is 6. The number of carbonyl (C=O) groups excluding carboxylic acids is 1. The monoisotopic (exact) mass is 346 g/mol. The van der Waals surface area contributed by atoms with Gasteiger partial charge in [-0.1, -0.05) is 0 Å². The smallest absolute Gasteiger partial charge is 0.349 e. The highest BCUT2D eigenvalue weighted by Crippen LogP contribution is 2.20. The van der Waals surface area contributed by atoms with Crippen molar-refractivity contribution < 1.29 is 18.7 Å². The van der Waals surface area contributed by atoms with Crippen molar-refractivity contribution in [3.63, 3.8) is 0 Å². The second kappa shape index (κ2) is 8.13. The molecule has 1 N–H and O–H groups in total. The number of methoxy groups -OCH3 is 1. The maximum Gasteiger partial charge on any atom is 0.349 e. The number of nitrogens with one attached hydrogen (secondary N) is 1. The lowest BCUT2D eigenvalue weighted by Gasteiger charge is -2.26. The summed E-state index contributed by atoms with van der Waals surface area (Å²) < 4.78 is 15.6. The first kappa shape index (κ1) is 17.4. The van der Waals surface area contributed by atoms with Crippen LogP contribution in [0.3, 0.4) is 0 Å². The molecule has 1 aromatic carbocycles. The highest BCUT2D eigenvalue weighted by molar-refractivity contribution is 5.96. The van der Waals surface area contributed by atoms with Crippen LogP contribution in [0.5, 0.6) is 5.75 Å². The maximum absolute atomic E-state index is 12.3. The van der Waals surface area contributed by atoms with Gasteiger partial charge in [0.1, 0.15) is 16.9 Å². The maximum atomic E-state index is 12.3. The van der Waals surface area contributed by atoms with E-state index in [1.165, 1.54) is 7.11 Å². The third-order valence-electron chi connectivity index (χ3n) is 4.23. The molecule has 0 aliphatic carbocycles. The van der Waals surface area contributed by atoms with E-state index in [0.29, 0.717) is 23.3 Å². The van der Waals surface area contributed by atoms with Crippen LogP contribution >= 0.6 is 0 Å². The fourth-order valence-corrected chi connectivity index (χ4v) is 2.80. The zero-order chi connectivity index (χ0) is 17.6. The molecule has 0 unspecified atom stereocenters. The van der Waals surface area contributed by atoms with Crippen molar-refractivity contribution in [2.75, 3.05) is 46.5 Å². The lowest BCUT2D eigenvalue weighted by atomic mass is 10.1. The predicted molar refractivity (Wildman–Crippen MR) is 93.2 cm³/mol. The lowest BCUT2D eigenvalue weighted by Crippen LogP contribution is -2.38. The molecule has 2 heterocycles. The Kier molecular flexibility index (Phi) is 5.67. The Balaban J connectivity index is 1.59. The van der Waals surface area contributed by atoms with Gasteiger partial charge >= 0.3 is 5.63 Å². The Morgan fingerprint density at radius 2 is 2.08 bits per heavy atom. The molecule has 2 aromatic rings. The van der Waals surface area contributed by atoms with Gasteiger partial charge in [-0.2, -0.15) is 0 Å². The summed E-state index contributed by atoms with van der Waals surface area (Å²) in [4.78, 5) is 26.6. The molecule has 0 radical (unpaired) electrons. The van der Waals surface area contributed by atoms with E-state index in [1.54, 1.807) is 24.3 Å². The highest BCUT2D eigenvalue weighted by Gasteiger charge is 2.14. The summed E-state index contributed by atoms with van der Waals surface area (Å²) in [5, 5.41) is 3.46. The van der Waals surface area contributed by atoms with Crippen LogP contribution in [0.15, 0.2) is 33.5 Å². The number of hydrogen-bond acceptors (Lipinski definition) is 6. The lowest BCUT2D eigenvalue weighted by molar-refractivity contribution is 0.0374. The first-order chi connectivity index (χ1) is 12.2. The van der Waals surface area contributed by atoms with E-state index in [-0.39, 0.29) is 5.56 Å². The van der Waals surface area contributed by atoms with Crippen molar-refractivity contribution in [1.29, 1.82) is 0 Å². The second-order valence-electron chi connectivity index (χ2n) is 5.91. The average molecular weight is 346 g/mol. The van der Waals surface area contributed by atoms with Crippen LogP contribution < -0.4 is 15.7 Å². The number of fused-ring (bicyclic) bond motifs is 1. The number of nitrogens with zero attached hydrogens (tertiary/aromatic N) is 1. The average Bonchev–Trinajstić information content (AvgIpc) is 2.64. The molecule has 7 heteroatoms. The Bertz CT molecular complexity index is 796. The molecule has 1 amide bonds. The first-order valence-electron chi connectivity index (χ1n) is 8.37. The summed E-state index contributed by atoms with van der Waals surface area (Å²) in [6.07, 6.45) is 0.821. The molecular weight excluding hydrogens is 324 g/mol. The Morgan fingerprint density at radius 1 is 1.28 bits per heavy atom. The largest absolute Gasteiger partial charge is 0.497 e. The fraction of sp³-hybridized carbons (Fsp3) is 0.444. The topological polar surface area (TPSA) is 81.0 Å². The second-order valence-corrected chi connectivity index (χ2v) is 5.91. The van der Waals surface area contributed by atoms with E-state index < -0.39 is 11.5 Å². The fourth-order valence-electron chi connectivity index (χ4n) is 2.80. The summed E-state index contributed by atoms with van der Waals surface area (Å²) in [6, 6.07) is 6.69. The summed E-state index contributed by atoms with van der Waals surface area (Å²) in [7, 11) is 1.54. The molecule has 1 aliphatic heterocycles. The standard InChI is InChI=1S/C18H22N2O5/c1-23-14-4-3-13-11-15(18(22)25-16(13)12-14)17(21)19-5-2-6-20-7-9-24-10-8-20/h3-4,11-12H,2,5-10H2,1H3,(H,19,21). The van der Waals surface area contributed by atoms with Gasteiger partial charge < -0.3 is 19.2 Å². The van der Waals surface area contributed by atoms with Gasteiger partial charge in [0.15, 0.2) is 0 Å².